The lowest BCUT2D eigenvalue weighted by Gasteiger charge is -2.33. The standard InChI is InChI=1S/C31H44F4N6O5S2/c1-48(45,46)40-12-8-27-25(19-40)30(37-41(27)18-24(43)17-39-10-6-23(7-11-39)36-29(44)20-42)21-4-5-26(31(33,34)35)28(15-21)47-14-13-38-9-2-3-22(32)16-38/h4-5,15,22-24,42-43H,2-3,6-14,16-20H2,1H3,(H,36,44). The van der Waals surface area contributed by atoms with Crippen molar-refractivity contribution in [3.63, 3.8) is 0 Å². The van der Waals surface area contributed by atoms with Crippen LogP contribution in [0.3, 0.4) is 0 Å². The molecule has 0 saturated carbocycles. The number of aliphatic hydroxyl groups excluding tert-OH is 2. The quantitative estimate of drug-likeness (QED) is 0.224. The maximum atomic E-state index is 14.1. The van der Waals surface area contributed by atoms with E-state index in [1.54, 1.807) is 4.68 Å². The highest BCUT2D eigenvalue weighted by Gasteiger charge is 2.35. The first-order valence-electron chi connectivity index (χ1n) is 16.3. The molecule has 48 heavy (non-hydrogen) atoms. The van der Waals surface area contributed by atoms with Crippen molar-refractivity contribution in [3.05, 3.63) is 35.0 Å². The van der Waals surface area contributed by atoms with Gasteiger partial charge in [-0.1, -0.05) is 6.07 Å². The number of carbonyl (C=O) groups excluding carboxylic acids is 1. The number of alkyl halides is 4. The summed E-state index contributed by atoms with van der Waals surface area (Å²) in [7, 11) is -3.56. The van der Waals surface area contributed by atoms with E-state index in [0.29, 0.717) is 87.4 Å². The first-order valence-corrected chi connectivity index (χ1v) is 19.1. The van der Waals surface area contributed by atoms with E-state index in [-0.39, 0.29) is 37.1 Å². The van der Waals surface area contributed by atoms with E-state index < -0.39 is 46.6 Å². The lowest BCUT2D eigenvalue weighted by Crippen LogP contribution is -2.47. The van der Waals surface area contributed by atoms with E-state index in [0.717, 1.165) is 29.8 Å². The van der Waals surface area contributed by atoms with E-state index >= 15 is 0 Å². The Labute approximate surface area is 282 Å². The van der Waals surface area contributed by atoms with Crippen LogP contribution in [0, 0.1) is 0 Å². The molecule has 5 rings (SSSR count). The van der Waals surface area contributed by atoms with Crippen LogP contribution < -0.4 is 5.32 Å². The number of aromatic nitrogens is 2. The molecule has 2 atom stereocenters. The number of fused-ring (bicyclic) bond motifs is 1. The van der Waals surface area contributed by atoms with E-state index in [9.17, 15) is 35.9 Å². The molecule has 1 aromatic carbocycles. The van der Waals surface area contributed by atoms with Gasteiger partial charge in [0.25, 0.3) is 0 Å². The Balaban J connectivity index is 1.36. The van der Waals surface area contributed by atoms with E-state index in [4.69, 9.17) is 10.2 Å². The lowest BCUT2D eigenvalue weighted by atomic mass is 10.0. The van der Waals surface area contributed by atoms with Gasteiger partial charge in [0.1, 0.15) is 12.8 Å². The normalized spacial score (nSPS) is 21.3. The van der Waals surface area contributed by atoms with Gasteiger partial charge in [0.15, 0.2) is 0 Å². The predicted molar refractivity (Wildman–Crippen MR) is 174 cm³/mol. The fraction of sp³-hybridized carbons (Fsp3) is 0.677. The molecular weight excluding hydrogens is 677 g/mol. The van der Waals surface area contributed by atoms with Crippen LogP contribution in [0.5, 0.6) is 0 Å². The van der Waals surface area contributed by atoms with Gasteiger partial charge >= 0.3 is 6.18 Å². The molecular formula is C31H44F4N6O5S2. The highest BCUT2D eigenvalue weighted by molar-refractivity contribution is 7.99. The molecule has 3 N–H and O–H groups in total. The Hall–Kier alpha value is -2.28. The fourth-order valence-electron chi connectivity index (χ4n) is 6.73. The highest BCUT2D eigenvalue weighted by atomic mass is 32.2. The minimum absolute atomic E-state index is 0.00945. The minimum Gasteiger partial charge on any atom is -0.390 e. The number of benzene rings is 1. The molecule has 0 radical (unpaired) electrons. The van der Waals surface area contributed by atoms with Crippen LogP contribution in [0.4, 0.5) is 17.6 Å². The van der Waals surface area contributed by atoms with Crippen molar-refractivity contribution in [2.24, 2.45) is 0 Å². The average molecular weight is 721 g/mol. The number of piperidine rings is 2. The van der Waals surface area contributed by atoms with Crippen LogP contribution in [0.1, 0.15) is 42.5 Å². The predicted octanol–water partition coefficient (Wildman–Crippen LogP) is 2.35. The first kappa shape index (κ1) is 37.0. The molecule has 1 amide bonds. The molecule has 2 saturated heterocycles. The number of β-amino-alcohol motifs (C(OH)–C–C–N with tert-alkyl or cyclic N) is 1. The maximum Gasteiger partial charge on any atom is 0.417 e. The zero-order chi connectivity index (χ0) is 34.6. The number of thioether (sulfide) groups is 1. The average Bonchev–Trinajstić information content (AvgIpc) is 3.38. The van der Waals surface area contributed by atoms with E-state index in [1.807, 2.05) is 4.90 Å². The van der Waals surface area contributed by atoms with Gasteiger partial charge in [-0.25, -0.2) is 12.8 Å². The Morgan fingerprint density at radius 1 is 1.12 bits per heavy atom. The number of aliphatic hydroxyl groups is 2. The number of amides is 1. The third-order valence-corrected chi connectivity index (χ3v) is 11.5. The molecule has 4 heterocycles. The molecule has 17 heteroatoms. The summed E-state index contributed by atoms with van der Waals surface area (Å²) in [4.78, 5) is 15.5. The Bertz CT molecular complexity index is 1530. The number of nitrogens with one attached hydrogen (secondary N) is 1. The second kappa shape index (κ2) is 15.7. The summed E-state index contributed by atoms with van der Waals surface area (Å²) in [5.74, 6) is -0.0834. The first-order chi connectivity index (χ1) is 22.7. The molecule has 2 fully saturated rings. The second-order valence-corrected chi connectivity index (χ2v) is 16.0. The van der Waals surface area contributed by atoms with Crippen molar-refractivity contribution in [1.29, 1.82) is 0 Å². The SMILES string of the molecule is CS(=O)(=O)N1CCc2c(c(-c3ccc(C(F)(F)F)c(SCCN4CCCC(F)C4)c3)nn2CC(O)CN2CCC(NC(=O)CO)CC2)C1. The van der Waals surface area contributed by atoms with Crippen LogP contribution in [0.25, 0.3) is 11.3 Å². The molecule has 0 spiro atoms. The number of nitrogens with zero attached hydrogens (tertiary/aromatic N) is 5. The van der Waals surface area contributed by atoms with Crippen molar-refractivity contribution < 1.29 is 41.0 Å². The Morgan fingerprint density at radius 2 is 1.88 bits per heavy atom. The number of hydrogen-bond donors (Lipinski definition) is 3. The van der Waals surface area contributed by atoms with Crippen molar-refractivity contribution in [2.45, 2.75) is 74.6 Å². The zero-order valence-electron chi connectivity index (χ0n) is 27.0. The zero-order valence-corrected chi connectivity index (χ0v) is 28.6. The number of carbonyl (C=O) groups is 1. The smallest absolute Gasteiger partial charge is 0.390 e. The van der Waals surface area contributed by atoms with Gasteiger partial charge in [0, 0.05) is 85.7 Å². The van der Waals surface area contributed by atoms with Crippen molar-refractivity contribution in [3.8, 4) is 11.3 Å². The van der Waals surface area contributed by atoms with Crippen LogP contribution >= 0.6 is 11.8 Å². The van der Waals surface area contributed by atoms with Gasteiger partial charge in [0.05, 0.1) is 30.2 Å². The van der Waals surface area contributed by atoms with E-state index in [1.165, 1.54) is 16.4 Å². The van der Waals surface area contributed by atoms with Crippen molar-refractivity contribution >= 4 is 27.7 Å². The van der Waals surface area contributed by atoms with Crippen LogP contribution in [-0.2, 0) is 40.5 Å². The van der Waals surface area contributed by atoms with Crippen LogP contribution in [0.15, 0.2) is 23.1 Å². The number of sulfonamides is 1. The maximum absolute atomic E-state index is 14.1. The largest absolute Gasteiger partial charge is 0.417 e. The van der Waals surface area contributed by atoms with Crippen molar-refractivity contribution in [2.75, 3.05) is 64.4 Å². The van der Waals surface area contributed by atoms with Gasteiger partial charge in [-0.3, -0.25) is 14.4 Å². The number of hydrogen-bond acceptors (Lipinski definition) is 9. The van der Waals surface area contributed by atoms with Gasteiger partial charge in [-0.15, -0.1) is 11.8 Å². The Kier molecular flexibility index (Phi) is 12.1. The van der Waals surface area contributed by atoms with Gasteiger partial charge in [-0.05, 0) is 44.4 Å². The molecule has 3 aliphatic rings. The number of halogens is 4. The summed E-state index contributed by atoms with van der Waals surface area (Å²) < 4.78 is 84.0. The number of rotatable bonds is 12. The summed E-state index contributed by atoms with van der Waals surface area (Å²) in [6.07, 6.45) is -2.36. The second-order valence-electron chi connectivity index (χ2n) is 12.9. The summed E-state index contributed by atoms with van der Waals surface area (Å²) in [5, 5.41) is 27.6. The Morgan fingerprint density at radius 3 is 2.54 bits per heavy atom. The van der Waals surface area contributed by atoms with Crippen molar-refractivity contribution in [1.82, 2.24) is 29.2 Å². The molecule has 0 bridgehead atoms. The molecule has 3 aliphatic heterocycles. The molecule has 2 unspecified atom stereocenters. The monoisotopic (exact) mass is 720 g/mol. The van der Waals surface area contributed by atoms with Gasteiger partial charge in [-0.2, -0.15) is 22.6 Å². The summed E-state index contributed by atoms with van der Waals surface area (Å²) in [6, 6.07) is 3.79. The molecule has 0 aliphatic carbocycles. The molecule has 268 valence electrons. The fourth-order valence-corrected chi connectivity index (χ4v) is 8.64. The third-order valence-electron chi connectivity index (χ3n) is 9.19. The number of likely N-dealkylation sites (tertiary alicyclic amines) is 2. The van der Waals surface area contributed by atoms with Crippen LogP contribution in [0.2, 0.25) is 0 Å². The van der Waals surface area contributed by atoms with Gasteiger partial charge < -0.3 is 20.4 Å². The van der Waals surface area contributed by atoms with Gasteiger partial charge in [0.2, 0.25) is 15.9 Å². The van der Waals surface area contributed by atoms with Crippen LogP contribution in [-0.4, -0.2) is 131 Å². The molecule has 1 aromatic heterocycles. The third kappa shape index (κ3) is 9.48. The van der Waals surface area contributed by atoms with E-state index in [2.05, 4.69) is 10.2 Å². The topological polar surface area (TPSA) is 131 Å². The molecule has 11 nitrogen and oxygen atoms in total. The molecule has 2 aromatic rings. The minimum atomic E-state index is -4.59. The summed E-state index contributed by atoms with van der Waals surface area (Å²) >= 11 is 1.06. The summed E-state index contributed by atoms with van der Waals surface area (Å²) in [6.45, 7) is 2.81. The lowest BCUT2D eigenvalue weighted by molar-refractivity contribution is -0.139. The highest BCUT2D eigenvalue weighted by Crippen LogP contribution is 2.40. The summed E-state index contributed by atoms with van der Waals surface area (Å²) in [5.41, 5.74) is 1.34.